The molecule has 0 heteroatoms. The molecule has 2 aromatic carbocycles. The lowest BCUT2D eigenvalue weighted by molar-refractivity contribution is 0.414. The van der Waals surface area contributed by atoms with E-state index >= 15 is 0 Å². The molecule has 0 saturated carbocycles. The highest BCUT2D eigenvalue weighted by Crippen LogP contribution is 2.44. The monoisotopic (exact) mass is 312 g/mol. The van der Waals surface area contributed by atoms with Gasteiger partial charge in [-0.05, 0) is 53.5 Å². The minimum atomic E-state index is 0.246. The zero-order chi connectivity index (χ0) is 16.4. The van der Waals surface area contributed by atoms with Crippen molar-refractivity contribution in [3.63, 3.8) is 0 Å². The third-order valence-corrected chi connectivity index (χ3v) is 5.73. The van der Waals surface area contributed by atoms with Gasteiger partial charge in [0.1, 0.15) is 0 Å². The summed E-state index contributed by atoms with van der Waals surface area (Å²) in [4.78, 5) is 0. The van der Waals surface area contributed by atoms with Crippen LogP contribution in [0.3, 0.4) is 0 Å². The standard InChI is InChI=1S/C18H20.C6H4/c1-2-18(16-11-4-3-5-12-16)14-8-10-15-9-6-7-13-17(15)18;1-2-6-4-3-5(1)6/h3-7,9,11-13H,2,8,10,14H2,1H3;1-4H. The van der Waals surface area contributed by atoms with Gasteiger partial charge in [-0.3, -0.25) is 0 Å². The van der Waals surface area contributed by atoms with E-state index in [-0.39, 0.29) is 5.41 Å². The Morgan fingerprint density at radius 3 is 1.96 bits per heavy atom. The molecule has 0 saturated heterocycles. The van der Waals surface area contributed by atoms with Gasteiger partial charge in [0.25, 0.3) is 0 Å². The molecule has 0 spiro atoms. The summed E-state index contributed by atoms with van der Waals surface area (Å²) in [6, 6.07) is 28.5. The third kappa shape index (κ3) is 2.47. The molecule has 2 aromatic rings. The second-order valence-electron chi connectivity index (χ2n) is 6.89. The highest BCUT2D eigenvalue weighted by atomic mass is 14.4. The summed E-state index contributed by atoms with van der Waals surface area (Å²) in [6.45, 7) is 2.33. The lowest BCUT2D eigenvalue weighted by Crippen LogP contribution is -2.31. The second-order valence-corrected chi connectivity index (χ2v) is 6.89. The molecule has 3 aliphatic rings. The summed E-state index contributed by atoms with van der Waals surface area (Å²) in [5.41, 5.74) is 7.69. The average molecular weight is 312 g/mol. The van der Waals surface area contributed by atoms with Gasteiger partial charge in [-0.1, -0.05) is 85.8 Å². The number of hydrogen-bond donors (Lipinski definition) is 0. The Labute approximate surface area is 145 Å². The van der Waals surface area contributed by atoms with Gasteiger partial charge >= 0.3 is 0 Å². The number of aryl methyl sites for hydroxylation is 1. The van der Waals surface area contributed by atoms with Crippen LogP contribution in [0.25, 0.3) is 11.1 Å². The molecule has 24 heavy (non-hydrogen) atoms. The summed E-state index contributed by atoms with van der Waals surface area (Å²) in [6.07, 6.45) is 5.02. The van der Waals surface area contributed by atoms with Gasteiger partial charge in [0.15, 0.2) is 0 Å². The molecular formula is C24H24. The van der Waals surface area contributed by atoms with Crippen LogP contribution in [-0.2, 0) is 11.8 Å². The Morgan fingerprint density at radius 2 is 1.38 bits per heavy atom. The minimum absolute atomic E-state index is 0.246. The smallest absolute Gasteiger partial charge is 0.0203 e. The predicted molar refractivity (Wildman–Crippen MR) is 102 cm³/mol. The van der Waals surface area contributed by atoms with E-state index in [1.54, 1.807) is 11.1 Å². The highest BCUT2D eigenvalue weighted by molar-refractivity contribution is 5.75. The predicted octanol–water partition coefficient (Wildman–Crippen LogP) is 6.39. The first-order chi connectivity index (χ1) is 11.8. The number of fused-ring (bicyclic) bond motifs is 2. The van der Waals surface area contributed by atoms with Crippen molar-refractivity contribution in [1.82, 2.24) is 0 Å². The summed E-state index contributed by atoms with van der Waals surface area (Å²) in [5.74, 6) is 0. The first-order valence-corrected chi connectivity index (χ1v) is 9.08. The van der Waals surface area contributed by atoms with Gasteiger partial charge in [-0.25, -0.2) is 0 Å². The molecular weight excluding hydrogens is 288 g/mol. The van der Waals surface area contributed by atoms with Crippen LogP contribution in [0, 0.1) is 0 Å². The Balaban J connectivity index is 0.000000201. The van der Waals surface area contributed by atoms with Gasteiger partial charge in [-0.15, -0.1) is 0 Å². The fraction of sp³-hybridized carbons (Fsp3) is 0.250. The van der Waals surface area contributed by atoms with E-state index in [1.165, 1.54) is 42.4 Å². The summed E-state index contributed by atoms with van der Waals surface area (Å²) < 4.78 is 0. The average Bonchev–Trinajstić information content (AvgIpc) is 2.65. The number of benzene rings is 3. The van der Waals surface area contributed by atoms with Crippen LogP contribution >= 0.6 is 0 Å². The van der Waals surface area contributed by atoms with E-state index in [0.29, 0.717) is 0 Å². The molecule has 0 aromatic heterocycles. The lowest BCUT2D eigenvalue weighted by Gasteiger charge is -2.39. The zero-order valence-corrected chi connectivity index (χ0v) is 14.3. The minimum Gasteiger partial charge on any atom is -0.0642 e. The molecule has 0 bridgehead atoms. The fourth-order valence-corrected chi connectivity index (χ4v) is 4.21. The summed E-state index contributed by atoms with van der Waals surface area (Å²) >= 11 is 0. The topological polar surface area (TPSA) is 0 Å². The van der Waals surface area contributed by atoms with Crippen LogP contribution in [0.1, 0.15) is 42.9 Å². The fourth-order valence-electron chi connectivity index (χ4n) is 4.21. The van der Waals surface area contributed by atoms with Crippen molar-refractivity contribution in [2.75, 3.05) is 0 Å². The molecule has 0 amide bonds. The maximum atomic E-state index is 2.34. The van der Waals surface area contributed by atoms with E-state index in [1.807, 2.05) is 0 Å². The first kappa shape index (κ1) is 15.2. The maximum Gasteiger partial charge on any atom is 0.0203 e. The molecule has 120 valence electrons. The quantitative estimate of drug-likeness (QED) is 0.402. The van der Waals surface area contributed by atoms with E-state index in [2.05, 4.69) is 85.8 Å². The molecule has 1 unspecified atom stereocenters. The van der Waals surface area contributed by atoms with Crippen LogP contribution in [0.15, 0.2) is 78.9 Å². The molecule has 1 atom stereocenters. The van der Waals surface area contributed by atoms with E-state index in [0.717, 1.165) is 0 Å². The van der Waals surface area contributed by atoms with Crippen LogP contribution in [0.4, 0.5) is 0 Å². The van der Waals surface area contributed by atoms with Crippen LogP contribution in [0.5, 0.6) is 0 Å². The van der Waals surface area contributed by atoms with Crippen molar-refractivity contribution < 1.29 is 0 Å². The van der Waals surface area contributed by atoms with Gasteiger partial charge in [0.2, 0.25) is 0 Å². The largest absolute Gasteiger partial charge is 0.0642 e. The Bertz CT molecular complexity index is 793. The van der Waals surface area contributed by atoms with Crippen molar-refractivity contribution in [3.8, 4) is 11.1 Å². The number of rotatable bonds is 2. The van der Waals surface area contributed by atoms with Gasteiger partial charge in [0, 0.05) is 5.41 Å². The summed E-state index contributed by atoms with van der Waals surface area (Å²) in [7, 11) is 0. The SMILES string of the molecule is CCC1(c2ccccc2)CCCc2ccccc21.c1cc2ccc1-2. The van der Waals surface area contributed by atoms with Crippen LogP contribution < -0.4 is 0 Å². The highest BCUT2D eigenvalue weighted by Gasteiger charge is 2.35. The Morgan fingerprint density at radius 1 is 0.750 bits per heavy atom. The van der Waals surface area contributed by atoms with Gasteiger partial charge in [-0.2, -0.15) is 0 Å². The molecule has 0 aliphatic heterocycles. The van der Waals surface area contributed by atoms with Crippen molar-refractivity contribution in [2.45, 2.75) is 38.0 Å². The van der Waals surface area contributed by atoms with Gasteiger partial charge < -0.3 is 0 Å². The normalized spacial score (nSPS) is 19.7. The first-order valence-electron chi connectivity index (χ1n) is 9.08. The van der Waals surface area contributed by atoms with Gasteiger partial charge in [0.05, 0.1) is 0 Å². The van der Waals surface area contributed by atoms with Crippen molar-refractivity contribution in [3.05, 3.63) is 95.6 Å². The van der Waals surface area contributed by atoms with Crippen molar-refractivity contribution in [1.29, 1.82) is 0 Å². The molecule has 0 fully saturated rings. The zero-order valence-electron chi connectivity index (χ0n) is 14.3. The van der Waals surface area contributed by atoms with E-state index in [9.17, 15) is 0 Å². The van der Waals surface area contributed by atoms with E-state index in [4.69, 9.17) is 0 Å². The molecule has 0 heterocycles. The lowest BCUT2D eigenvalue weighted by atomic mass is 9.64. The van der Waals surface area contributed by atoms with E-state index < -0.39 is 0 Å². The second kappa shape index (κ2) is 6.28. The molecule has 5 rings (SSSR count). The van der Waals surface area contributed by atoms with Crippen molar-refractivity contribution >= 4 is 0 Å². The summed E-state index contributed by atoms with van der Waals surface area (Å²) in [5, 5.41) is 0. The van der Waals surface area contributed by atoms with Crippen molar-refractivity contribution in [2.24, 2.45) is 0 Å². The maximum absolute atomic E-state index is 2.34. The molecule has 0 N–H and O–H groups in total. The Hall–Kier alpha value is -2.34. The molecule has 0 radical (unpaired) electrons. The Kier molecular flexibility index (Phi) is 3.98. The van der Waals surface area contributed by atoms with Crippen LogP contribution in [-0.4, -0.2) is 0 Å². The number of hydrogen-bond acceptors (Lipinski definition) is 0. The molecule has 0 nitrogen and oxygen atoms in total. The van der Waals surface area contributed by atoms with Crippen LogP contribution in [0.2, 0.25) is 0 Å². The molecule has 3 aliphatic carbocycles. The third-order valence-electron chi connectivity index (χ3n) is 5.73.